The van der Waals surface area contributed by atoms with Gasteiger partial charge in [0.05, 0.1) is 11.0 Å². The van der Waals surface area contributed by atoms with E-state index in [-0.39, 0.29) is 17.0 Å². The topological polar surface area (TPSA) is 46.2 Å². The monoisotopic (exact) mass is 269 g/mol. The second-order valence-corrected chi connectivity index (χ2v) is 7.49. The lowest BCUT2D eigenvalue weighted by atomic mass is 10.0. The zero-order valence-electron chi connectivity index (χ0n) is 11.4. The second kappa shape index (κ2) is 6.90. The third-order valence-electron chi connectivity index (χ3n) is 3.19. The van der Waals surface area contributed by atoms with Crippen LogP contribution in [-0.2, 0) is 9.84 Å². The Morgan fingerprint density at radius 2 is 1.78 bits per heavy atom. The standard InChI is InChI=1S/C14H23NO2S/c1-12(2)18(16,17)11-7-10-14(15-3)13-8-5-4-6-9-13/h4-6,8-9,12,14-15H,7,10-11H2,1-3H3. The van der Waals surface area contributed by atoms with Crippen LogP contribution in [0.3, 0.4) is 0 Å². The predicted molar refractivity (Wildman–Crippen MR) is 76.4 cm³/mol. The number of benzene rings is 1. The van der Waals surface area contributed by atoms with Gasteiger partial charge < -0.3 is 5.32 Å². The lowest BCUT2D eigenvalue weighted by Crippen LogP contribution is -2.21. The Bertz CT molecular complexity index is 440. The highest BCUT2D eigenvalue weighted by molar-refractivity contribution is 7.91. The van der Waals surface area contributed by atoms with Crippen molar-refractivity contribution >= 4 is 9.84 Å². The lowest BCUT2D eigenvalue weighted by Gasteiger charge is -2.17. The van der Waals surface area contributed by atoms with Gasteiger partial charge >= 0.3 is 0 Å². The minimum Gasteiger partial charge on any atom is -0.313 e. The van der Waals surface area contributed by atoms with E-state index in [1.807, 2.05) is 25.2 Å². The second-order valence-electron chi connectivity index (χ2n) is 4.81. The summed E-state index contributed by atoms with van der Waals surface area (Å²) in [4.78, 5) is 0. The lowest BCUT2D eigenvalue weighted by molar-refractivity contribution is 0.533. The number of rotatable bonds is 7. The third-order valence-corrected chi connectivity index (χ3v) is 5.48. The molecule has 3 nitrogen and oxygen atoms in total. The Labute approximate surface area is 111 Å². The predicted octanol–water partition coefficient (Wildman–Crippen LogP) is 2.55. The molecule has 0 aliphatic heterocycles. The normalized spacial score (nSPS) is 13.8. The van der Waals surface area contributed by atoms with Crippen LogP contribution in [0.4, 0.5) is 0 Å². The van der Waals surface area contributed by atoms with Crippen molar-refractivity contribution in [2.24, 2.45) is 0 Å². The van der Waals surface area contributed by atoms with Gasteiger partial charge in [0.2, 0.25) is 0 Å². The van der Waals surface area contributed by atoms with E-state index in [0.29, 0.717) is 6.42 Å². The molecule has 1 unspecified atom stereocenters. The van der Waals surface area contributed by atoms with Crippen molar-refractivity contribution in [2.45, 2.75) is 38.0 Å². The molecule has 0 saturated carbocycles. The molecule has 102 valence electrons. The van der Waals surface area contributed by atoms with Crippen LogP contribution in [0.2, 0.25) is 0 Å². The maximum atomic E-state index is 11.7. The molecule has 1 atom stereocenters. The zero-order chi connectivity index (χ0) is 13.6. The molecule has 1 aromatic carbocycles. The van der Waals surface area contributed by atoms with Gasteiger partial charge in [-0.1, -0.05) is 30.3 Å². The van der Waals surface area contributed by atoms with Crippen LogP contribution in [0.25, 0.3) is 0 Å². The average molecular weight is 269 g/mol. The molecule has 0 aromatic heterocycles. The molecular formula is C14H23NO2S. The smallest absolute Gasteiger partial charge is 0.152 e. The Morgan fingerprint density at radius 3 is 2.28 bits per heavy atom. The average Bonchev–Trinajstić information content (AvgIpc) is 2.35. The molecule has 1 aromatic rings. The minimum atomic E-state index is -2.91. The molecule has 18 heavy (non-hydrogen) atoms. The van der Waals surface area contributed by atoms with Gasteiger partial charge in [0.15, 0.2) is 9.84 Å². The van der Waals surface area contributed by atoms with Crippen molar-refractivity contribution in [2.75, 3.05) is 12.8 Å². The van der Waals surface area contributed by atoms with Crippen LogP contribution < -0.4 is 5.32 Å². The van der Waals surface area contributed by atoms with E-state index in [2.05, 4.69) is 17.4 Å². The van der Waals surface area contributed by atoms with Gasteiger partial charge in [-0.25, -0.2) is 8.42 Å². The first-order chi connectivity index (χ1) is 8.47. The summed E-state index contributed by atoms with van der Waals surface area (Å²) < 4.78 is 23.4. The molecule has 0 radical (unpaired) electrons. The summed E-state index contributed by atoms with van der Waals surface area (Å²) in [6.07, 6.45) is 1.54. The van der Waals surface area contributed by atoms with Crippen LogP contribution in [0.5, 0.6) is 0 Å². The van der Waals surface area contributed by atoms with Crippen LogP contribution in [0.15, 0.2) is 30.3 Å². The highest BCUT2D eigenvalue weighted by Gasteiger charge is 2.17. The molecule has 0 heterocycles. The Morgan fingerprint density at radius 1 is 1.17 bits per heavy atom. The third kappa shape index (κ3) is 4.42. The van der Waals surface area contributed by atoms with E-state index in [0.717, 1.165) is 6.42 Å². The maximum absolute atomic E-state index is 11.7. The zero-order valence-corrected chi connectivity index (χ0v) is 12.2. The first-order valence-electron chi connectivity index (χ1n) is 6.41. The SMILES string of the molecule is CNC(CCCS(=O)(=O)C(C)C)c1ccccc1. The Hall–Kier alpha value is -0.870. The summed E-state index contributed by atoms with van der Waals surface area (Å²) in [6, 6.07) is 10.4. The van der Waals surface area contributed by atoms with Gasteiger partial charge in [-0.3, -0.25) is 0 Å². The fraction of sp³-hybridized carbons (Fsp3) is 0.571. The Balaban J connectivity index is 2.52. The molecule has 0 aliphatic rings. The van der Waals surface area contributed by atoms with Crippen LogP contribution >= 0.6 is 0 Å². The van der Waals surface area contributed by atoms with Gasteiger partial charge in [-0.2, -0.15) is 0 Å². The fourth-order valence-electron chi connectivity index (χ4n) is 1.89. The van der Waals surface area contributed by atoms with E-state index < -0.39 is 9.84 Å². The van der Waals surface area contributed by atoms with Crippen molar-refractivity contribution in [3.63, 3.8) is 0 Å². The fourth-order valence-corrected chi connectivity index (χ4v) is 2.93. The number of hydrogen-bond donors (Lipinski definition) is 1. The van der Waals surface area contributed by atoms with Crippen molar-refractivity contribution in [3.05, 3.63) is 35.9 Å². The van der Waals surface area contributed by atoms with E-state index in [1.54, 1.807) is 13.8 Å². The van der Waals surface area contributed by atoms with Crippen molar-refractivity contribution in [1.82, 2.24) is 5.32 Å². The Kier molecular flexibility index (Phi) is 5.82. The summed E-state index contributed by atoms with van der Waals surface area (Å²) in [7, 11) is -1.00. The summed E-state index contributed by atoms with van der Waals surface area (Å²) >= 11 is 0. The number of nitrogens with one attached hydrogen (secondary N) is 1. The van der Waals surface area contributed by atoms with Gasteiger partial charge in [0.25, 0.3) is 0 Å². The summed E-state index contributed by atoms with van der Waals surface area (Å²) in [6.45, 7) is 3.48. The molecule has 1 N–H and O–H groups in total. The molecule has 0 bridgehead atoms. The highest BCUT2D eigenvalue weighted by atomic mass is 32.2. The highest BCUT2D eigenvalue weighted by Crippen LogP contribution is 2.18. The number of sulfone groups is 1. The summed E-state index contributed by atoms with van der Waals surface area (Å²) in [5, 5.41) is 2.96. The quantitative estimate of drug-likeness (QED) is 0.827. The van der Waals surface area contributed by atoms with Gasteiger partial charge in [0, 0.05) is 6.04 Å². The molecule has 0 saturated heterocycles. The van der Waals surface area contributed by atoms with Crippen molar-refractivity contribution in [1.29, 1.82) is 0 Å². The van der Waals surface area contributed by atoms with Gasteiger partial charge in [0.1, 0.15) is 0 Å². The van der Waals surface area contributed by atoms with Gasteiger partial charge in [-0.05, 0) is 39.3 Å². The van der Waals surface area contributed by atoms with Crippen LogP contribution in [-0.4, -0.2) is 26.5 Å². The van der Waals surface area contributed by atoms with E-state index in [1.165, 1.54) is 5.56 Å². The molecule has 4 heteroatoms. The van der Waals surface area contributed by atoms with Crippen LogP contribution in [0, 0.1) is 0 Å². The first kappa shape index (κ1) is 15.2. The molecule has 0 aliphatic carbocycles. The number of hydrogen-bond acceptors (Lipinski definition) is 3. The molecule has 1 rings (SSSR count). The van der Waals surface area contributed by atoms with Crippen LogP contribution in [0.1, 0.15) is 38.3 Å². The van der Waals surface area contributed by atoms with Crippen molar-refractivity contribution < 1.29 is 8.42 Å². The first-order valence-corrected chi connectivity index (χ1v) is 8.12. The molecule has 0 fully saturated rings. The largest absolute Gasteiger partial charge is 0.313 e. The van der Waals surface area contributed by atoms with E-state index >= 15 is 0 Å². The van der Waals surface area contributed by atoms with Crippen molar-refractivity contribution in [3.8, 4) is 0 Å². The molecule has 0 spiro atoms. The minimum absolute atomic E-state index is 0.230. The summed E-state index contributed by atoms with van der Waals surface area (Å²) in [5.41, 5.74) is 1.21. The maximum Gasteiger partial charge on any atom is 0.152 e. The van der Waals surface area contributed by atoms with E-state index in [4.69, 9.17) is 0 Å². The molecule has 0 amide bonds. The molecular weight excluding hydrogens is 246 g/mol. The summed E-state index contributed by atoms with van der Waals surface area (Å²) in [5.74, 6) is 0.273. The van der Waals surface area contributed by atoms with E-state index in [9.17, 15) is 8.42 Å². The van der Waals surface area contributed by atoms with Gasteiger partial charge in [-0.15, -0.1) is 0 Å².